The van der Waals surface area contributed by atoms with Crippen LogP contribution in [-0.2, 0) is 4.79 Å². The highest BCUT2D eigenvalue weighted by Crippen LogP contribution is 2.41. The standard InChI is InChI=1S/C22H18Cl2FN7O3/c1-3-16(33)31-4-6-32(7-5-31)20-11-8-15(23)27-21(18(11)28-22(29-20)34-2)35-19-12-10-26-30-14(12)9-13(25)17(19)24/h3,8-10H,1,4-7H2,2H3,(H,26,30). The van der Waals surface area contributed by atoms with Gasteiger partial charge in [-0.3, -0.25) is 9.89 Å². The van der Waals surface area contributed by atoms with Crippen LogP contribution in [0.15, 0.2) is 31.0 Å². The molecule has 0 saturated carbocycles. The van der Waals surface area contributed by atoms with Crippen LogP contribution in [0.5, 0.6) is 17.6 Å². The third-order valence-electron chi connectivity index (χ3n) is 5.62. The van der Waals surface area contributed by atoms with Crippen molar-refractivity contribution in [1.82, 2.24) is 30.0 Å². The van der Waals surface area contributed by atoms with Gasteiger partial charge in [-0.1, -0.05) is 29.8 Å². The van der Waals surface area contributed by atoms with E-state index in [1.807, 2.05) is 4.90 Å². The molecule has 35 heavy (non-hydrogen) atoms. The summed E-state index contributed by atoms with van der Waals surface area (Å²) >= 11 is 12.6. The summed E-state index contributed by atoms with van der Waals surface area (Å²) in [4.78, 5) is 28.9. The van der Waals surface area contributed by atoms with Crippen molar-refractivity contribution < 1.29 is 18.7 Å². The van der Waals surface area contributed by atoms with Crippen LogP contribution in [0.2, 0.25) is 10.2 Å². The molecular weight excluding hydrogens is 500 g/mol. The number of benzene rings is 1. The number of piperazine rings is 1. The number of H-pyrrole nitrogens is 1. The topological polar surface area (TPSA) is 109 Å². The minimum absolute atomic E-state index is 0.00933. The van der Waals surface area contributed by atoms with E-state index in [2.05, 4.69) is 31.7 Å². The molecule has 10 nitrogen and oxygen atoms in total. The first-order valence-electron chi connectivity index (χ1n) is 10.5. The van der Waals surface area contributed by atoms with Gasteiger partial charge in [-0.25, -0.2) is 4.39 Å². The summed E-state index contributed by atoms with van der Waals surface area (Å²) in [7, 11) is 1.44. The Labute approximate surface area is 208 Å². The summed E-state index contributed by atoms with van der Waals surface area (Å²) < 4.78 is 25.8. The minimum atomic E-state index is -0.690. The normalized spacial score (nSPS) is 13.9. The van der Waals surface area contributed by atoms with E-state index in [9.17, 15) is 9.18 Å². The molecule has 0 aliphatic carbocycles. The quantitative estimate of drug-likeness (QED) is 0.312. The third-order valence-corrected chi connectivity index (χ3v) is 6.17. The lowest BCUT2D eigenvalue weighted by molar-refractivity contribution is -0.126. The molecule has 0 unspecified atom stereocenters. The molecule has 0 spiro atoms. The number of methoxy groups -OCH3 is 1. The maximum absolute atomic E-state index is 14.4. The number of hydrogen-bond acceptors (Lipinski definition) is 8. The van der Waals surface area contributed by atoms with Crippen molar-refractivity contribution in [3.8, 4) is 17.6 Å². The van der Waals surface area contributed by atoms with Gasteiger partial charge in [0.05, 0.1) is 29.6 Å². The molecule has 180 valence electrons. The van der Waals surface area contributed by atoms with Crippen LogP contribution in [0.1, 0.15) is 0 Å². The minimum Gasteiger partial charge on any atom is -0.467 e. The number of amides is 1. The lowest BCUT2D eigenvalue weighted by Gasteiger charge is -2.35. The van der Waals surface area contributed by atoms with Gasteiger partial charge in [0.2, 0.25) is 11.8 Å². The zero-order valence-electron chi connectivity index (χ0n) is 18.4. The molecule has 1 amide bonds. The number of anilines is 1. The number of ether oxygens (including phenoxy) is 2. The first-order valence-corrected chi connectivity index (χ1v) is 11.2. The average molecular weight is 518 g/mol. The molecular formula is C22H18Cl2FN7O3. The van der Waals surface area contributed by atoms with Crippen molar-refractivity contribution in [2.45, 2.75) is 0 Å². The van der Waals surface area contributed by atoms with Crippen LogP contribution in [0, 0.1) is 5.82 Å². The number of carbonyl (C=O) groups is 1. The number of aromatic amines is 1. The van der Waals surface area contributed by atoms with E-state index in [4.69, 9.17) is 32.7 Å². The fourth-order valence-electron chi connectivity index (χ4n) is 3.91. The molecule has 1 aliphatic heterocycles. The van der Waals surface area contributed by atoms with E-state index in [-0.39, 0.29) is 39.2 Å². The van der Waals surface area contributed by atoms with E-state index in [0.717, 1.165) is 0 Å². The second-order valence-corrected chi connectivity index (χ2v) is 8.40. The number of fused-ring (bicyclic) bond motifs is 2. The van der Waals surface area contributed by atoms with Gasteiger partial charge in [-0.15, -0.1) is 0 Å². The molecule has 1 saturated heterocycles. The highest BCUT2D eigenvalue weighted by atomic mass is 35.5. The molecule has 4 heterocycles. The van der Waals surface area contributed by atoms with E-state index in [1.165, 1.54) is 25.4 Å². The third kappa shape index (κ3) is 4.17. The van der Waals surface area contributed by atoms with Gasteiger partial charge < -0.3 is 19.3 Å². The molecule has 5 rings (SSSR count). The molecule has 0 atom stereocenters. The Kier molecular flexibility index (Phi) is 6.03. The lowest BCUT2D eigenvalue weighted by Crippen LogP contribution is -2.48. The maximum atomic E-state index is 14.4. The molecule has 0 bridgehead atoms. The van der Waals surface area contributed by atoms with E-state index in [1.54, 1.807) is 11.0 Å². The predicted molar refractivity (Wildman–Crippen MR) is 129 cm³/mol. The summed E-state index contributed by atoms with van der Waals surface area (Å²) in [6.07, 6.45) is 2.76. The van der Waals surface area contributed by atoms with Crippen LogP contribution in [0.3, 0.4) is 0 Å². The Morgan fingerprint density at radius 2 is 1.94 bits per heavy atom. The second-order valence-electron chi connectivity index (χ2n) is 7.63. The van der Waals surface area contributed by atoms with E-state index >= 15 is 0 Å². The van der Waals surface area contributed by atoms with Crippen LogP contribution in [-0.4, -0.2) is 69.2 Å². The first-order chi connectivity index (χ1) is 16.9. The van der Waals surface area contributed by atoms with Crippen molar-refractivity contribution >= 4 is 56.7 Å². The lowest BCUT2D eigenvalue weighted by atomic mass is 10.2. The number of carbonyl (C=O) groups excluding carboxylic acids is 1. The zero-order chi connectivity index (χ0) is 24.7. The first kappa shape index (κ1) is 23.1. The summed E-state index contributed by atoms with van der Waals surface area (Å²) in [5, 5.41) is 7.49. The summed E-state index contributed by atoms with van der Waals surface area (Å²) in [6.45, 7) is 5.53. The summed E-state index contributed by atoms with van der Waals surface area (Å²) in [5.74, 6) is -0.280. The molecule has 1 N–H and O–H groups in total. The van der Waals surface area contributed by atoms with Gasteiger partial charge >= 0.3 is 6.01 Å². The number of hydrogen-bond donors (Lipinski definition) is 1. The highest BCUT2D eigenvalue weighted by molar-refractivity contribution is 6.33. The molecule has 13 heteroatoms. The van der Waals surface area contributed by atoms with Crippen molar-refractivity contribution in [2.24, 2.45) is 0 Å². The zero-order valence-corrected chi connectivity index (χ0v) is 19.9. The molecule has 1 fully saturated rings. The Morgan fingerprint density at radius 3 is 2.66 bits per heavy atom. The number of nitrogens with zero attached hydrogens (tertiary/aromatic N) is 6. The maximum Gasteiger partial charge on any atom is 0.318 e. The predicted octanol–water partition coefficient (Wildman–Crippen LogP) is 3.98. The summed E-state index contributed by atoms with van der Waals surface area (Å²) in [5.41, 5.74) is 0.686. The van der Waals surface area contributed by atoms with E-state index in [0.29, 0.717) is 48.3 Å². The highest BCUT2D eigenvalue weighted by Gasteiger charge is 2.26. The molecule has 3 aromatic heterocycles. The summed E-state index contributed by atoms with van der Waals surface area (Å²) in [6, 6.07) is 2.91. The van der Waals surface area contributed by atoms with Crippen LogP contribution >= 0.6 is 23.2 Å². The Morgan fingerprint density at radius 1 is 1.17 bits per heavy atom. The largest absolute Gasteiger partial charge is 0.467 e. The van der Waals surface area contributed by atoms with Crippen molar-refractivity contribution in [2.75, 3.05) is 38.2 Å². The smallest absolute Gasteiger partial charge is 0.318 e. The van der Waals surface area contributed by atoms with Gasteiger partial charge in [-0.2, -0.15) is 20.1 Å². The van der Waals surface area contributed by atoms with Crippen LogP contribution in [0.25, 0.3) is 21.8 Å². The monoisotopic (exact) mass is 517 g/mol. The fourth-order valence-corrected chi connectivity index (χ4v) is 4.29. The Balaban J connectivity index is 1.61. The molecule has 0 radical (unpaired) electrons. The number of nitrogens with one attached hydrogen (secondary N) is 1. The number of rotatable bonds is 5. The average Bonchev–Trinajstić information content (AvgIpc) is 3.33. The van der Waals surface area contributed by atoms with Gasteiger partial charge in [0.25, 0.3) is 0 Å². The van der Waals surface area contributed by atoms with Gasteiger partial charge in [0.15, 0.2) is 5.75 Å². The number of halogens is 3. The van der Waals surface area contributed by atoms with Gasteiger partial charge in [0.1, 0.15) is 27.3 Å². The van der Waals surface area contributed by atoms with Gasteiger partial charge in [0, 0.05) is 32.2 Å². The van der Waals surface area contributed by atoms with Crippen molar-refractivity contribution in [3.05, 3.63) is 47.0 Å². The van der Waals surface area contributed by atoms with Crippen LogP contribution in [0.4, 0.5) is 10.2 Å². The molecule has 1 aliphatic rings. The van der Waals surface area contributed by atoms with E-state index < -0.39 is 5.82 Å². The fraction of sp³-hybridized carbons (Fsp3) is 0.227. The second kappa shape index (κ2) is 9.16. The molecule has 4 aromatic rings. The Bertz CT molecular complexity index is 1470. The number of pyridine rings is 1. The Hall–Kier alpha value is -3.70. The molecule has 1 aromatic carbocycles. The van der Waals surface area contributed by atoms with Crippen LogP contribution < -0.4 is 14.4 Å². The number of aromatic nitrogens is 5. The van der Waals surface area contributed by atoms with Gasteiger partial charge in [-0.05, 0) is 12.1 Å². The SMILES string of the molecule is C=CC(=O)N1CCN(c2nc(OC)nc3c(Oc4c(Cl)c(F)cc5[nH]ncc45)nc(Cl)cc23)CC1. The van der Waals surface area contributed by atoms with Crippen molar-refractivity contribution in [3.63, 3.8) is 0 Å². The van der Waals surface area contributed by atoms with Crippen molar-refractivity contribution in [1.29, 1.82) is 0 Å².